The first-order chi connectivity index (χ1) is 10.7. The summed E-state index contributed by atoms with van der Waals surface area (Å²) in [6.45, 7) is 0. The molecular weight excluding hydrogens is 318 g/mol. The number of rotatable bonds is 7. The summed E-state index contributed by atoms with van der Waals surface area (Å²) in [6, 6.07) is 16.2. The van der Waals surface area contributed by atoms with Gasteiger partial charge in [0.2, 0.25) is 5.91 Å². The second-order valence-electron chi connectivity index (χ2n) is 4.87. The maximum Gasteiger partial charge on any atom is 0.243 e. The van der Waals surface area contributed by atoms with Crippen molar-refractivity contribution in [1.82, 2.24) is 5.48 Å². The molecule has 0 aromatic heterocycles. The molecule has 5 heteroatoms. The third-order valence-corrected chi connectivity index (χ3v) is 4.57. The van der Waals surface area contributed by atoms with Crippen LogP contribution in [0.2, 0.25) is 5.02 Å². The maximum absolute atomic E-state index is 10.9. The molecule has 0 heterocycles. The minimum atomic E-state index is -0.322. The molecule has 3 nitrogen and oxygen atoms in total. The fourth-order valence-electron chi connectivity index (χ4n) is 2.02. The minimum Gasteiger partial charge on any atom is -0.289 e. The molecule has 2 N–H and O–H groups in total. The highest BCUT2D eigenvalue weighted by atomic mass is 35.5. The van der Waals surface area contributed by atoms with Crippen LogP contribution in [0, 0.1) is 0 Å². The van der Waals surface area contributed by atoms with E-state index in [1.165, 1.54) is 10.5 Å². The van der Waals surface area contributed by atoms with E-state index >= 15 is 0 Å². The van der Waals surface area contributed by atoms with Crippen LogP contribution in [0.25, 0.3) is 11.1 Å². The number of unbranched alkanes of at least 4 members (excludes halogenated alkanes) is 1. The second kappa shape index (κ2) is 8.83. The molecule has 2 rings (SSSR count). The zero-order chi connectivity index (χ0) is 15.8. The van der Waals surface area contributed by atoms with Crippen molar-refractivity contribution in [2.75, 3.05) is 5.75 Å². The van der Waals surface area contributed by atoms with Crippen molar-refractivity contribution in [2.45, 2.75) is 24.2 Å². The van der Waals surface area contributed by atoms with Crippen molar-refractivity contribution in [3.05, 3.63) is 53.6 Å². The Bertz CT molecular complexity index is 599. The first-order valence-electron chi connectivity index (χ1n) is 7.11. The van der Waals surface area contributed by atoms with E-state index < -0.39 is 0 Å². The van der Waals surface area contributed by atoms with Crippen molar-refractivity contribution < 1.29 is 10.0 Å². The van der Waals surface area contributed by atoms with E-state index in [2.05, 4.69) is 24.3 Å². The second-order valence-corrected chi connectivity index (χ2v) is 6.48. The van der Waals surface area contributed by atoms with Crippen LogP contribution in [0.1, 0.15) is 19.3 Å². The standard InChI is InChI=1S/C17H18ClNO2S/c18-15-8-4-13(5-9-15)14-6-10-16(11-7-14)22-12-2-1-3-17(20)19-21/h4-11,21H,1-3,12H2,(H,19,20). The van der Waals surface area contributed by atoms with Crippen molar-refractivity contribution in [3.8, 4) is 11.1 Å². The number of thioether (sulfide) groups is 1. The number of carbonyl (C=O) groups is 1. The Morgan fingerprint density at radius 3 is 2.18 bits per heavy atom. The quantitative estimate of drug-likeness (QED) is 0.331. The van der Waals surface area contributed by atoms with Gasteiger partial charge in [-0.15, -0.1) is 11.8 Å². The number of hydrogen-bond acceptors (Lipinski definition) is 3. The monoisotopic (exact) mass is 335 g/mol. The number of hydroxylamine groups is 1. The SMILES string of the molecule is O=C(CCCCSc1ccc(-c2ccc(Cl)cc2)cc1)NO. The average Bonchev–Trinajstić information content (AvgIpc) is 2.55. The molecule has 0 atom stereocenters. The molecule has 0 fully saturated rings. The summed E-state index contributed by atoms with van der Waals surface area (Å²) in [5, 5.41) is 9.13. The van der Waals surface area contributed by atoms with Gasteiger partial charge in [0.05, 0.1) is 0 Å². The van der Waals surface area contributed by atoms with Gasteiger partial charge in [-0.1, -0.05) is 35.9 Å². The van der Waals surface area contributed by atoms with Gasteiger partial charge in [-0.2, -0.15) is 0 Å². The van der Waals surface area contributed by atoms with Gasteiger partial charge in [0, 0.05) is 16.3 Å². The van der Waals surface area contributed by atoms with E-state index in [0.717, 1.165) is 29.2 Å². The van der Waals surface area contributed by atoms with Gasteiger partial charge in [0.15, 0.2) is 0 Å². The van der Waals surface area contributed by atoms with Gasteiger partial charge in [-0.25, -0.2) is 5.48 Å². The van der Waals surface area contributed by atoms with Crippen LogP contribution < -0.4 is 5.48 Å². The van der Waals surface area contributed by atoms with Crippen molar-refractivity contribution in [1.29, 1.82) is 0 Å². The van der Waals surface area contributed by atoms with E-state index in [-0.39, 0.29) is 5.91 Å². The number of hydrogen-bond donors (Lipinski definition) is 2. The van der Waals surface area contributed by atoms with E-state index in [4.69, 9.17) is 16.8 Å². The molecule has 0 saturated heterocycles. The van der Waals surface area contributed by atoms with Crippen molar-refractivity contribution in [3.63, 3.8) is 0 Å². The summed E-state index contributed by atoms with van der Waals surface area (Å²) in [5.74, 6) is 0.635. The molecule has 0 spiro atoms. The van der Waals surface area contributed by atoms with Crippen LogP contribution in [-0.2, 0) is 4.79 Å². The van der Waals surface area contributed by atoms with Gasteiger partial charge >= 0.3 is 0 Å². The van der Waals surface area contributed by atoms with Crippen LogP contribution in [0.4, 0.5) is 0 Å². The number of benzene rings is 2. The molecule has 0 aliphatic heterocycles. The summed E-state index contributed by atoms with van der Waals surface area (Å²) < 4.78 is 0. The predicted molar refractivity (Wildman–Crippen MR) is 91.4 cm³/mol. The summed E-state index contributed by atoms with van der Waals surface area (Å²) in [5.41, 5.74) is 3.96. The lowest BCUT2D eigenvalue weighted by molar-refractivity contribution is -0.129. The van der Waals surface area contributed by atoms with E-state index in [1.54, 1.807) is 17.2 Å². The fourth-order valence-corrected chi connectivity index (χ4v) is 3.06. The molecule has 116 valence electrons. The summed E-state index contributed by atoms with van der Waals surface area (Å²) in [6.07, 6.45) is 2.09. The largest absolute Gasteiger partial charge is 0.289 e. The van der Waals surface area contributed by atoms with Crippen LogP contribution in [-0.4, -0.2) is 16.9 Å². The highest BCUT2D eigenvalue weighted by Crippen LogP contribution is 2.25. The number of amides is 1. The molecular formula is C17H18ClNO2S. The first-order valence-corrected chi connectivity index (χ1v) is 8.47. The zero-order valence-electron chi connectivity index (χ0n) is 12.1. The molecule has 0 bridgehead atoms. The highest BCUT2D eigenvalue weighted by molar-refractivity contribution is 7.99. The smallest absolute Gasteiger partial charge is 0.243 e. The summed E-state index contributed by atoms with van der Waals surface area (Å²) in [4.78, 5) is 12.1. The predicted octanol–water partition coefficient (Wildman–Crippen LogP) is 4.77. The highest BCUT2D eigenvalue weighted by Gasteiger charge is 2.01. The number of nitrogens with one attached hydrogen (secondary N) is 1. The Labute approximate surface area is 139 Å². The van der Waals surface area contributed by atoms with E-state index in [1.807, 2.05) is 24.3 Å². The zero-order valence-corrected chi connectivity index (χ0v) is 13.7. The van der Waals surface area contributed by atoms with Gasteiger partial charge in [-0.05, 0) is 54.0 Å². The molecule has 0 aliphatic carbocycles. The van der Waals surface area contributed by atoms with Gasteiger partial charge < -0.3 is 0 Å². The third-order valence-electron chi connectivity index (χ3n) is 3.22. The molecule has 2 aromatic carbocycles. The molecule has 1 amide bonds. The molecule has 0 saturated carbocycles. The van der Waals surface area contributed by atoms with Crippen LogP contribution in [0.15, 0.2) is 53.4 Å². The lowest BCUT2D eigenvalue weighted by Gasteiger charge is -2.05. The maximum atomic E-state index is 10.9. The molecule has 22 heavy (non-hydrogen) atoms. The summed E-state index contributed by atoms with van der Waals surface area (Å²) in [7, 11) is 0. The number of carbonyl (C=O) groups excluding carboxylic acids is 1. The average molecular weight is 336 g/mol. The Morgan fingerprint density at radius 1 is 1.00 bits per heavy atom. The fraction of sp³-hybridized carbons (Fsp3) is 0.235. The van der Waals surface area contributed by atoms with E-state index in [9.17, 15) is 4.79 Å². The van der Waals surface area contributed by atoms with Crippen molar-refractivity contribution >= 4 is 29.3 Å². The Morgan fingerprint density at radius 2 is 1.59 bits per heavy atom. The number of halogens is 1. The van der Waals surface area contributed by atoms with Crippen LogP contribution >= 0.6 is 23.4 Å². The Hall–Kier alpha value is -1.49. The molecule has 0 radical (unpaired) electrons. The Kier molecular flexibility index (Phi) is 6.77. The van der Waals surface area contributed by atoms with E-state index in [0.29, 0.717) is 6.42 Å². The summed E-state index contributed by atoms with van der Waals surface area (Å²) >= 11 is 7.66. The Balaban J connectivity index is 1.79. The van der Waals surface area contributed by atoms with Gasteiger partial charge in [0.25, 0.3) is 0 Å². The third kappa shape index (κ3) is 5.37. The first kappa shape index (κ1) is 16.9. The lowest BCUT2D eigenvalue weighted by atomic mass is 10.1. The molecule has 0 unspecified atom stereocenters. The topological polar surface area (TPSA) is 49.3 Å². The molecule has 2 aromatic rings. The normalized spacial score (nSPS) is 10.5. The minimum absolute atomic E-state index is 0.322. The molecule has 0 aliphatic rings. The van der Waals surface area contributed by atoms with Gasteiger partial charge in [-0.3, -0.25) is 10.0 Å². The van der Waals surface area contributed by atoms with Crippen molar-refractivity contribution in [2.24, 2.45) is 0 Å². The van der Waals surface area contributed by atoms with Gasteiger partial charge in [0.1, 0.15) is 0 Å². The van der Waals surface area contributed by atoms with Crippen LogP contribution in [0.5, 0.6) is 0 Å². The van der Waals surface area contributed by atoms with Crippen LogP contribution in [0.3, 0.4) is 0 Å². The lowest BCUT2D eigenvalue weighted by Crippen LogP contribution is -2.17.